The van der Waals surface area contributed by atoms with Gasteiger partial charge in [-0.05, 0) is 72.1 Å². The minimum atomic E-state index is -4.50. The summed E-state index contributed by atoms with van der Waals surface area (Å²) in [6.07, 6.45) is -2.91. The molecule has 0 aliphatic carbocycles. The van der Waals surface area contributed by atoms with Crippen molar-refractivity contribution in [3.05, 3.63) is 118 Å². The van der Waals surface area contributed by atoms with Crippen LogP contribution < -0.4 is 16.0 Å². The number of hydrogen-bond acceptors (Lipinski definition) is 5. The molecule has 0 saturated heterocycles. The highest BCUT2D eigenvalue weighted by Crippen LogP contribution is 2.31. The largest absolute Gasteiger partial charge is 0.416 e. The molecule has 3 N–H and O–H groups in total. The van der Waals surface area contributed by atoms with Gasteiger partial charge < -0.3 is 16.0 Å². The fourth-order valence-electron chi connectivity index (χ4n) is 3.41. The fourth-order valence-corrected chi connectivity index (χ4v) is 4.77. The first kappa shape index (κ1) is 28.7. The molecule has 1 heterocycles. The second kappa shape index (κ2) is 13.1. The highest BCUT2D eigenvalue weighted by Gasteiger charge is 2.30. The van der Waals surface area contributed by atoms with Crippen molar-refractivity contribution in [2.45, 2.75) is 11.1 Å². The van der Waals surface area contributed by atoms with Gasteiger partial charge in [-0.3, -0.25) is 14.4 Å². The van der Waals surface area contributed by atoms with E-state index in [1.54, 1.807) is 60.7 Å². The Balaban J connectivity index is 1.35. The first-order chi connectivity index (χ1) is 19.2. The van der Waals surface area contributed by atoms with E-state index in [1.807, 2.05) is 17.5 Å². The quantitative estimate of drug-likeness (QED) is 0.148. The number of rotatable bonds is 9. The van der Waals surface area contributed by atoms with Crippen LogP contribution in [0.3, 0.4) is 0 Å². The highest BCUT2D eigenvalue weighted by atomic mass is 32.2. The van der Waals surface area contributed by atoms with E-state index in [4.69, 9.17) is 0 Å². The zero-order valence-electron chi connectivity index (χ0n) is 20.7. The lowest BCUT2D eigenvalue weighted by atomic mass is 10.2. The summed E-state index contributed by atoms with van der Waals surface area (Å²) in [5.41, 5.74) is 0.161. The van der Waals surface area contributed by atoms with Crippen molar-refractivity contribution in [1.29, 1.82) is 0 Å². The maximum absolute atomic E-state index is 13.0. The first-order valence-electron chi connectivity index (χ1n) is 11.8. The average molecular weight is 582 g/mol. The van der Waals surface area contributed by atoms with Crippen LogP contribution in [-0.4, -0.2) is 23.5 Å². The third-order valence-electron chi connectivity index (χ3n) is 5.31. The molecular weight excluding hydrogens is 559 g/mol. The fraction of sp³-hybridized carbons (Fsp3) is 0.0690. The Labute approximate surface area is 236 Å². The molecule has 0 saturated carbocycles. The predicted octanol–water partition coefficient (Wildman–Crippen LogP) is 6.91. The Bertz CT molecular complexity index is 1510. The molecule has 0 fully saturated rings. The second-order valence-corrected chi connectivity index (χ2v) is 10.3. The number of hydrogen-bond donors (Lipinski definition) is 3. The van der Waals surface area contributed by atoms with Crippen LogP contribution in [0.5, 0.6) is 0 Å². The van der Waals surface area contributed by atoms with Gasteiger partial charge in [0.25, 0.3) is 11.8 Å². The van der Waals surface area contributed by atoms with Crippen molar-refractivity contribution in [2.75, 3.05) is 16.4 Å². The molecule has 0 bridgehead atoms. The summed E-state index contributed by atoms with van der Waals surface area (Å²) in [5, 5.41) is 9.75. The van der Waals surface area contributed by atoms with Gasteiger partial charge in [-0.2, -0.15) is 13.2 Å². The van der Waals surface area contributed by atoms with Gasteiger partial charge in [0.1, 0.15) is 5.70 Å². The van der Waals surface area contributed by atoms with E-state index in [9.17, 15) is 27.6 Å². The molecule has 0 aliphatic heterocycles. The maximum atomic E-state index is 13.0. The summed E-state index contributed by atoms with van der Waals surface area (Å²) in [5.74, 6) is -1.42. The smallest absolute Gasteiger partial charge is 0.325 e. The van der Waals surface area contributed by atoms with E-state index >= 15 is 0 Å². The summed E-state index contributed by atoms with van der Waals surface area (Å²) in [6, 6.07) is 23.3. The third kappa shape index (κ3) is 8.32. The van der Waals surface area contributed by atoms with Crippen LogP contribution in [0.1, 0.15) is 20.8 Å². The number of alkyl halides is 3. The first-order valence-corrected chi connectivity index (χ1v) is 13.7. The Morgan fingerprint density at radius 2 is 1.57 bits per heavy atom. The van der Waals surface area contributed by atoms with Crippen LogP contribution >= 0.6 is 23.1 Å². The molecule has 0 aliphatic rings. The average Bonchev–Trinajstić information content (AvgIpc) is 3.46. The van der Waals surface area contributed by atoms with Gasteiger partial charge in [-0.15, -0.1) is 23.1 Å². The van der Waals surface area contributed by atoms with E-state index in [1.165, 1.54) is 35.2 Å². The molecule has 0 unspecified atom stereocenters. The number of carbonyl (C=O) groups is 3. The standard InChI is InChI=1S/C29H22F3N3O3S2/c30-29(31,32)20-8-4-9-22(16-20)33-26(36)18-40-23-13-11-21(12-14-23)34-28(38)25(17-24-10-5-15-39-24)35-27(37)19-6-2-1-3-7-19/h1-17H,18H2,(H,33,36)(H,34,38)(H,35,37)/b25-17-. The van der Waals surface area contributed by atoms with Crippen LogP contribution in [-0.2, 0) is 15.8 Å². The Morgan fingerprint density at radius 3 is 2.25 bits per heavy atom. The minimum absolute atomic E-state index is 0.0266. The number of anilines is 2. The summed E-state index contributed by atoms with van der Waals surface area (Å²) < 4.78 is 38.6. The van der Waals surface area contributed by atoms with Gasteiger partial charge >= 0.3 is 6.18 Å². The molecular formula is C29H22F3N3O3S2. The second-order valence-electron chi connectivity index (χ2n) is 8.29. The Kier molecular flexibility index (Phi) is 9.41. The zero-order chi connectivity index (χ0) is 28.5. The van der Waals surface area contributed by atoms with E-state index in [-0.39, 0.29) is 17.1 Å². The van der Waals surface area contributed by atoms with Crippen molar-refractivity contribution in [3.8, 4) is 0 Å². The molecule has 40 heavy (non-hydrogen) atoms. The molecule has 11 heteroatoms. The highest BCUT2D eigenvalue weighted by molar-refractivity contribution is 8.00. The van der Waals surface area contributed by atoms with Gasteiger partial charge in [0, 0.05) is 26.7 Å². The lowest BCUT2D eigenvalue weighted by molar-refractivity contribution is -0.137. The van der Waals surface area contributed by atoms with Crippen molar-refractivity contribution in [2.24, 2.45) is 0 Å². The Morgan fingerprint density at radius 1 is 0.825 bits per heavy atom. The Hall–Kier alpha value is -4.35. The number of thiophene rings is 1. The summed E-state index contributed by atoms with van der Waals surface area (Å²) in [4.78, 5) is 39.5. The molecule has 0 spiro atoms. The number of amides is 3. The molecule has 204 valence electrons. The van der Waals surface area contributed by atoms with Crippen molar-refractivity contribution in [3.63, 3.8) is 0 Å². The number of nitrogens with one attached hydrogen (secondary N) is 3. The normalized spacial score (nSPS) is 11.5. The lowest BCUT2D eigenvalue weighted by Crippen LogP contribution is -2.30. The van der Waals surface area contributed by atoms with Gasteiger partial charge in [0.15, 0.2) is 0 Å². The van der Waals surface area contributed by atoms with E-state index in [2.05, 4.69) is 16.0 Å². The molecule has 3 amide bonds. The van der Waals surface area contributed by atoms with E-state index < -0.39 is 29.5 Å². The van der Waals surface area contributed by atoms with Crippen molar-refractivity contribution < 1.29 is 27.6 Å². The van der Waals surface area contributed by atoms with E-state index in [0.29, 0.717) is 16.1 Å². The number of halogens is 3. The van der Waals surface area contributed by atoms with Crippen LogP contribution in [0, 0.1) is 0 Å². The van der Waals surface area contributed by atoms with Gasteiger partial charge in [-0.1, -0.05) is 30.3 Å². The molecule has 0 radical (unpaired) electrons. The zero-order valence-corrected chi connectivity index (χ0v) is 22.3. The number of benzene rings is 3. The molecule has 0 atom stereocenters. The van der Waals surface area contributed by atoms with Crippen molar-refractivity contribution >= 4 is 58.3 Å². The van der Waals surface area contributed by atoms with Crippen LogP contribution in [0.2, 0.25) is 0 Å². The van der Waals surface area contributed by atoms with E-state index in [0.717, 1.165) is 17.0 Å². The van der Waals surface area contributed by atoms with Crippen LogP contribution in [0.25, 0.3) is 6.08 Å². The van der Waals surface area contributed by atoms with Crippen LogP contribution in [0.4, 0.5) is 24.5 Å². The molecule has 6 nitrogen and oxygen atoms in total. The third-order valence-corrected chi connectivity index (χ3v) is 7.15. The SMILES string of the molecule is O=C(CSc1ccc(NC(=O)/C(=C/c2cccs2)NC(=O)c2ccccc2)cc1)Nc1cccc(C(F)(F)F)c1. The summed E-state index contributed by atoms with van der Waals surface area (Å²) in [6.45, 7) is 0. The molecule has 1 aromatic heterocycles. The summed E-state index contributed by atoms with van der Waals surface area (Å²) >= 11 is 2.60. The monoisotopic (exact) mass is 581 g/mol. The predicted molar refractivity (Wildman–Crippen MR) is 152 cm³/mol. The molecule has 4 rings (SSSR count). The molecule has 3 aromatic carbocycles. The lowest BCUT2D eigenvalue weighted by Gasteiger charge is -2.12. The number of carbonyl (C=O) groups excluding carboxylic acids is 3. The number of thioether (sulfide) groups is 1. The minimum Gasteiger partial charge on any atom is -0.325 e. The van der Waals surface area contributed by atoms with Gasteiger partial charge in [-0.25, -0.2) is 0 Å². The summed E-state index contributed by atoms with van der Waals surface area (Å²) in [7, 11) is 0. The van der Waals surface area contributed by atoms with Gasteiger partial charge in [0.2, 0.25) is 5.91 Å². The topological polar surface area (TPSA) is 87.3 Å². The molecule has 4 aromatic rings. The van der Waals surface area contributed by atoms with Gasteiger partial charge in [0.05, 0.1) is 11.3 Å². The van der Waals surface area contributed by atoms with Crippen LogP contribution in [0.15, 0.2) is 107 Å². The maximum Gasteiger partial charge on any atom is 0.416 e. The van der Waals surface area contributed by atoms with Crippen molar-refractivity contribution in [1.82, 2.24) is 5.32 Å².